The van der Waals surface area contributed by atoms with Crippen LogP contribution in [-0.4, -0.2) is 42.5 Å². The Bertz CT molecular complexity index is 624. The number of rotatable bonds is 7. The molecule has 2 rings (SSSR count). The molecule has 0 radical (unpaired) electrons. The molecule has 0 aromatic heterocycles. The maximum atomic E-state index is 13.1. The average Bonchev–Trinajstić information content (AvgIpc) is 2.73. The van der Waals surface area contributed by atoms with Gasteiger partial charge in [-0.15, -0.1) is 5.73 Å². The summed E-state index contributed by atoms with van der Waals surface area (Å²) in [6.45, 7) is 13.6. The van der Waals surface area contributed by atoms with Crippen LogP contribution in [0.4, 0.5) is 0 Å². The molecule has 0 aromatic carbocycles. The van der Waals surface area contributed by atoms with Gasteiger partial charge in [-0.1, -0.05) is 27.4 Å². The maximum absolute atomic E-state index is 13.1. The van der Waals surface area contributed by atoms with Crippen LogP contribution in [0.2, 0.25) is 18.1 Å². The highest BCUT2D eigenvalue weighted by Gasteiger charge is 2.65. The third-order valence-electron chi connectivity index (χ3n) is 6.75. The molecule has 4 unspecified atom stereocenters. The molecule has 5 nitrogen and oxygen atoms in total. The second-order valence-corrected chi connectivity index (χ2v) is 13.2. The first kappa shape index (κ1) is 22.1. The van der Waals surface area contributed by atoms with E-state index in [4.69, 9.17) is 9.16 Å². The molecule has 152 valence electrons. The van der Waals surface area contributed by atoms with Crippen molar-refractivity contribution in [3.63, 3.8) is 0 Å². The van der Waals surface area contributed by atoms with Gasteiger partial charge in [-0.2, -0.15) is 0 Å². The molecule has 1 saturated carbocycles. The number of carbonyl (C=O) groups is 2. The smallest absolute Gasteiger partial charge is 0.338 e. The number of carbonyl (C=O) groups excluding carboxylic acids is 2. The van der Waals surface area contributed by atoms with E-state index < -0.39 is 37.5 Å². The molecule has 4 atom stereocenters. The van der Waals surface area contributed by atoms with Crippen molar-refractivity contribution < 1.29 is 23.9 Å². The van der Waals surface area contributed by atoms with Gasteiger partial charge in [-0.3, -0.25) is 4.79 Å². The van der Waals surface area contributed by atoms with Gasteiger partial charge in [-0.05, 0) is 50.9 Å². The van der Waals surface area contributed by atoms with Crippen LogP contribution in [0.5, 0.6) is 0 Å². The molecular formula is C21H34O5Si. The normalized spacial score (nSPS) is 31.5. The zero-order chi connectivity index (χ0) is 20.5. The molecule has 2 aliphatic rings. The molecule has 1 aliphatic carbocycles. The van der Waals surface area contributed by atoms with Gasteiger partial charge >= 0.3 is 5.97 Å². The fraction of sp³-hybridized carbons (Fsp3) is 0.762. The standard InChI is InChI=1S/C21H34O5Si/c1-7-11-16(22)15-12-13-18-20(5,6)25-19(24)21(18,14-17(15)23)26-27(8-2,9-3)10-4/h11,15-16,18,22H,1,8-10,12-14H2,2-6H3. The third kappa shape index (κ3) is 3.86. The Balaban J connectivity index is 2.50. The molecule has 6 heteroatoms. The highest BCUT2D eigenvalue weighted by molar-refractivity contribution is 6.73. The third-order valence-corrected chi connectivity index (χ3v) is 11.4. The van der Waals surface area contributed by atoms with Crippen LogP contribution in [0, 0.1) is 11.8 Å². The Kier molecular flexibility index (Phi) is 6.58. The number of ketones is 1. The van der Waals surface area contributed by atoms with Gasteiger partial charge < -0.3 is 14.3 Å². The van der Waals surface area contributed by atoms with E-state index in [9.17, 15) is 14.7 Å². The maximum Gasteiger partial charge on any atom is 0.338 e. The summed E-state index contributed by atoms with van der Waals surface area (Å²) >= 11 is 0. The minimum absolute atomic E-state index is 0.0264. The number of Topliss-reactive ketones (excluding diaryl/α,β-unsaturated/α-hetero) is 1. The monoisotopic (exact) mass is 394 g/mol. The summed E-state index contributed by atoms with van der Waals surface area (Å²) in [5, 5.41) is 10.4. The lowest BCUT2D eigenvalue weighted by Crippen LogP contribution is -2.55. The summed E-state index contributed by atoms with van der Waals surface area (Å²) in [6.07, 6.45) is 1.55. The summed E-state index contributed by atoms with van der Waals surface area (Å²) < 4.78 is 12.5. The van der Waals surface area contributed by atoms with Gasteiger partial charge in [0.05, 0.1) is 6.10 Å². The van der Waals surface area contributed by atoms with Crippen LogP contribution < -0.4 is 0 Å². The van der Waals surface area contributed by atoms with Crippen molar-refractivity contribution in [2.45, 2.75) is 89.3 Å². The van der Waals surface area contributed by atoms with Gasteiger partial charge in [0.15, 0.2) is 13.9 Å². The lowest BCUT2D eigenvalue weighted by molar-refractivity contribution is -0.159. The molecule has 1 heterocycles. The summed E-state index contributed by atoms with van der Waals surface area (Å²) in [4.78, 5) is 26.2. The van der Waals surface area contributed by atoms with E-state index in [1.807, 2.05) is 13.8 Å². The quantitative estimate of drug-likeness (QED) is 0.404. The molecule has 0 amide bonds. The van der Waals surface area contributed by atoms with E-state index in [0.29, 0.717) is 12.8 Å². The van der Waals surface area contributed by atoms with Crippen molar-refractivity contribution in [3.05, 3.63) is 18.4 Å². The van der Waals surface area contributed by atoms with Crippen molar-refractivity contribution in [3.8, 4) is 0 Å². The summed E-state index contributed by atoms with van der Waals surface area (Å²) in [6, 6.07) is 2.67. The average molecular weight is 395 g/mol. The predicted molar refractivity (Wildman–Crippen MR) is 107 cm³/mol. The Morgan fingerprint density at radius 1 is 1.30 bits per heavy atom. The Hall–Kier alpha value is -1.20. The summed E-state index contributed by atoms with van der Waals surface area (Å²) in [7, 11) is -2.17. The number of hydrogen-bond acceptors (Lipinski definition) is 5. The molecule has 2 fully saturated rings. The van der Waals surface area contributed by atoms with Crippen molar-refractivity contribution >= 4 is 20.1 Å². The zero-order valence-corrected chi connectivity index (χ0v) is 18.3. The van der Waals surface area contributed by atoms with Gasteiger partial charge in [0.1, 0.15) is 11.4 Å². The minimum atomic E-state index is -2.17. The number of fused-ring (bicyclic) bond motifs is 1. The van der Waals surface area contributed by atoms with E-state index in [1.54, 1.807) is 0 Å². The molecule has 1 N–H and O–H groups in total. The highest BCUT2D eigenvalue weighted by Crippen LogP contribution is 2.51. The fourth-order valence-corrected chi connectivity index (χ4v) is 7.88. The van der Waals surface area contributed by atoms with E-state index in [2.05, 4.69) is 33.1 Å². The SMILES string of the molecule is C=C=CC(O)C1CCC2C(C)(C)OC(=O)C2(O[Si](CC)(CC)CC)CC1=O. The molecule has 0 spiro atoms. The number of ether oxygens (including phenoxy) is 1. The molecule has 1 aliphatic heterocycles. The summed E-state index contributed by atoms with van der Waals surface area (Å²) in [5.74, 6) is -1.32. The molecule has 0 aromatic rings. The first-order chi connectivity index (χ1) is 12.6. The van der Waals surface area contributed by atoms with Gasteiger partial charge in [0.2, 0.25) is 0 Å². The number of cyclic esters (lactones) is 1. The first-order valence-corrected chi connectivity index (χ1v) is 12.6. The first-order valence-electron chi connectivity index (χ1n) is 10.1. The van der Waals surface area contributed by atoms with Crippen molar-refractivity contribution in [2.75, 3.05) is 0 Å². The largest absolute Gasteiger partial charge is 0.457 e. The van der Waals surface area contributed by atoms with Crippen LogP contribution in [0.1, 0.15) is 53.9 Å². The van der Waals surface area contributed by atoms with Crippen molar-refractivity contribution in [1.82, 2.24) is 0 Å². The topological polar surface area (TPSA) is 72.8 Å². The lowest BCUT2D eigenvalue weighted by atomic mass is 9.76. The predicted octanol–water partition coefficient (Wildman–Crippen LogP) is 3.77. The molecule has 0 bridgehead atoms. The van der Waals surface area contributed by atoms with Gasteiger partial charge in [-0.25, -0.2) is 4.79 Å². The van der Waals surface area contributed by atoms with Gasteiger partial charge in [0, 0.05) is 18.3 Å². The number of aliphatic hydroxyl groups excluding tert-OH is 1. The Labute approximate surface area is 163 Å². The Morgan fingerprint density at radius 2 is 1.89 bits per heavy atom. The van der Waals surface area contributed by atoms with Crippen LogP contribution >= 0.6 is 0 Å². The van der Waals surface area contributed by atoms with Crippen LogP contribution in [0.25, 0.3) is 0 Å². The fourth-order valence-electron chi connectivity index (χ4n) is 4.87. The van der Waals surface area contributed by atoms with Crippen LogP contribution in [-0.2, 0) is 18.8 Å². The number of aliphatic hydroxyl groups is 1. The number of esters is 1. The van der Waals surface area contributed by atoms with E-state index >= 15 is 0 Å². The van der Waals surface area contributed by atoms with E-state index in [-0.39, 0.29) is 18.1 Å². The van der Waals surface area contributed by atoms with E-state index in [1.165, 1.54) is 6.08 Å². The highest BCUT2D eigenvalue weighted by atomic mass is 28.4. The van der Waals surface area contributed by atoms with Crippen molar-refractivity contribution in [2.24, 2.45) is 11.8 Å². The zero-order valence-electron chi connectivity index (χ0n) is 17.3. The lowest BCUT2D eigenvalue weighted by Gasteiger charge is -2.41. The minimum Gasteiger partial charge on any atom is -0.457 e. The van der Waals surface area contributed by atoms with Gasteiger partial charge in [0.25, 0.3) is 0 Å². The molecule has 27 heavy (non-hydrogen) atoms. The Morgan fingerprint density at radius 3 is 2.41 bits per heavy atom. The van der Waals surface area contributed by atoms with E-state index in [0.717, 1.165) is 18.1 Å². The molecule has 1 saturated heterocycles. The molecular weight excluding hydrogens is 360 g/mol. The summed E-state index contributed by atoms with van der Waals surface area (Å²) in [5.41, 5.74) is 0.648. The number of hydrogen-bond donors (Lipinski definition) is 1. The van der Waals surface area contributed by atoms with Crippen molar-refractivity contribution in [1.29, 1.82) is 0 Å². The second-order valence-electron chi connectivity index (χ2n) is 8.47. The van der Waals surface area contributed by atoms with Crippen LogP contribution in [0.3, 0.4) is 0 Å². The second kappa shape index (κ2) is 8.04. The van der Waals surface area contributed by atoms with Crippen LogP contribution in [0.15, 0.2) is 18.4 Å².